The van der Waals surface area contributed by atoms with Gasteiger partial charge in [-0.25, -0.2) is 0 Å². The highest BCUT2D eigenvalue weighted by atomic mass is 79.9. The number of hydrogen-bond donors (Lipinski definition) is 2. The smallest absolute Gasteiger partial charge is 0.237 e. The van der Waals surface area contributed by atoms with Gasteiger partial charge in [-0.05, 0) is 40.9 Å². The van der Waals surface area contributed by atoms with Gasteiger partial charge in [-0.2, -0.15) is 0 Å². The number of amides is 1. The Bertz CT molecular complexity index is 544. The van der Waals surface area contributed by atoms with Gasteiger partial charge in [0.2, 0.25) is 5.91 Å². The lowest BCUT2D eigenvalue weighted by Gasteiger charge is -2.34. The van der Waals surface area contributed by atoms with E-state index in [4.69, 9.17) is 29.6 Å². The first-order chi connectivity index (χ1) is 9.47. The molecular weight excluding hydrogens is 360 g/mol. The van der Waals surface area contributed by atoms with Crippen LogP contribution >= 0.6 is 39.7 Å². The highest BCUT2D eigenvalue weighted by Crippen LogP contribution is 2.39. The number of carbonyl (C=O) groups excluding carboxylic acids is 1. The fourth-order valence-corrected chi connectivity index (χ4v) is 3.42. The molecule has 0 aliphatic heterocycles. The minimum atomic E-state index is -0.727. The van der Waals surface area contributed by atoms with Crippen molar-refractivity contribution in [3.63, 3.8) is 0 Å². The minimum Gasteiger partial charge on any atom is -0.392 e. The standard InChI is InChI=1S/C14H16BrClN2OS/c15-11-9(16)5-4-6-10(11)18-13(19)14(12(17)20)7-2-1-3-8-14/h4-6H,1-3,7-8H2,(H2,17,20)(H,18,19). The summed E-state index contributed by atoms with van der Waals surface area (Å²) in [6.07, 6.45) is 4.50. The molecule has 2 rings (SSSR count). The van der Waals surface area contributed by atoms with E-state index in [0.29, 0.717) is 28.0 Å². The van der Waals surface area contributed by atoms with Crippen LogP contribution in [0.25, 0.3) is 0 Å². The van der Waals surface area contributed by atoms with Crippen LogP contribution in [-0.4, -0.2) is 10.9 Å². The second-order valence-corrected chi connectivity index (χ2v) is 6.70. The number of hydrogen-bond acceptors (Lipinski definition) is 2. The topological polar surface area (TPSA) is 55.1 Å². The Kier molecular flexibility index (Phi) is 5.04. The average Bonchev–Trinajstić information content (AvgIpc) is 2.44. The van der Waals surface area contributed by atoms with E-state index in [1.165, 1.54) is 0 Å². The summed E-state index contributed by atoms with van der Waals surface area (Å²) in [6, 6.07) is 5.34. The molecule has 0 bridgehead atoms. The van der Waals surface area contributed by atoms with Crippen molar-refractivity contribution in [1.82, 2.24) is 0 Å². The molecule has 1 fully saturated rings. The van der Waals surface area contributed by atoms with Crippen LogP contribution in [0, 0.1) is 5.41 Å². The van der Waals surface area contributed by atoms with Crippen molar-refractivity contribution in [2.45, 2.75) is 32.1 Å². The van der Waals surface area contributed by atoms with E-state index in [9.17, 15) is 4.79 Å². The molecule has 3 nitrogen and oxygen atoms in total. The highest BCUT2D eigenvalue weighted by Gasteiger charge is 2.42. The molecule has 6 heteroatoms. The number of halogens is 2. The number of nitrogens with one attached hydrogen (secondary N) is 1. The van der Waals surface area contributed by atoms with Crippen molar-refractivity contribution in [2.75, 3.05) is 5.32 Å². The number of benzene rings is 1. The summed E-state index contributed by atoms with van der Waals surface area (Å²) in [5.74, 6) is -0.132. The SMILES string of the molecule is NC(=S)C1(C(=O)Nc2cccc(Cl)c2Br)CCCCC1. The van der Waals surface area contributed by atoms with Crippen LogP contribution < -0.4 is 11.1 Å². The van der Waals surface area contributed by atoms with Gasteiger partial charge in [-0.1, -0.05) is 49.1 Å². The Morgan fingerprint density at radius 3 is 2.60 bits per heavy atom. The van der Waals surface area contributed by atoms with Gasteiger partial charge in [0, 0.05) is 0 Å². The lowest BCUT2D eigenvalue weighted by atomic mass is 9.73. The van der Waals surface area contributed by atoms with Crippen molar-refractivity contribution in [1.29, 1.82) is 0 Å². The molecule has 0 unspecified atom stereocenters. The maximum absolute atomic E-state index is 12.7. The zero-order chi connectivity index (χ0) is 14.8. The molecule has 0 atom stereocenters. The van der Waals surface area contributed by atoms with Gasteiger partial charge in [0.05, 0.1) is 25.6 Å². The van der Waals surface area contributed by atoms with Gasteiger partial charge in [-0.3, -0.25) is 4.79 Å². The van der Waals surface area contributed by atoms with Gasteiger partial charge >= 0.3 is 0 Å². The second-order valence-electron chi connectivity index (χ2n) is 5.06. The largest absolute Gasteiger partial charge is 0.392 e. The van der Waals surface area contributed by atoms with Gasteiger partial charge in [-0.15, -0.1) is 0 Å². The normalized spacial score (nSPS) is 17.5. The van der Waals surface area contributed by atoms with E-state index in [1.54, 1.807) is 18.2 Å². The third-order valence-electron chi connectivity index (χ3n) is 3.81. The first-order valence-electron chi connectivity index (χ1n) is 6.53. The molecule has 0 spiro atoms. The molecule has 20 heavy (non-hydrogen) atoms. The van der Waals surface area contributed by atoms with Crippen LogP contribution in [0.1, 0.15) is 32.1 Å². The predicted octanol–water partition coefficient (Wildman–Crippen LogP) is 4.28. The maximum Gasteiger partial charge on any atom is 0.237 e. The molecular formula is C14H16BrClN2OS. The van der Waals surface area contributed by atoms with Crippen LogP contribution in [-0.2, 0) is 4.79 Å². The summed E-state index contributed by atoms with van der Waals surface area (Å²) in [7, 11) is 0. The summed E-state index contributed by atoms with van der Waals surface area (Å²) < 4.78 is 0.670. The molecule has 0 aromatic heterocycles. The third kappa shape index (κ3) is 3.00. The van der Waals surface area contributed by atoms with Crippen LogP contribution in [0.15, 0.2) is 22.7 Å². The average molecular weight is 376 g/mol. The zero-order valence-electron chi connectivity index (χ0n) is 10.9. The van der Waals surface area contributed by atoms with E-state index in [1.807, 2.05) is 0 Å². The molecule has 1 aromatic carbocycles. The molecule has 1 aliphatic rings. The zero-order valence-corrected chi connectivity index (χ0v) is 14.1. The van der Waals surface area contributed by atoms with Gasteiger partial charge in [0.1, 0.15) is 0 Å². The van der Waals surface area contributed by atoms with Crippen LogP contribution in [0.2, 0.25) is 5.02 Å². The Hall–Kier alpha value is -0.650. The summed E-state index contributed by atoms with van der Waals surface area (Å²) in [5, 5.41) is 3.46. The van der Waals surface area contributed by atoms with Crippen LogP contribution in [0.3, 0.4) is 0 Å². The first-order valence-corrected chi connectivity index (χ1v) is 8.11. The van der Waals surface area contributed by atoms with E-state index in [2.05, 4.69) is 21.2 Å². The number of anilines is 1. The van der Waals surface area contributed by atoms with Crippen molar-refractivity contribution in [2.24, 2.45) is 11.1 Å². The third-order valence-corrected chi connectivity index (χ3v) is 5.60. The van der Waals surface area contributed by atoms with Crippen molar-refractivity contribution < 1.29 is 4.79 Å². The fraction of sp³-hybridized carbons (Fsp3) is 0.429. The van der Waals surface area contributed by atoms with Crippen molar-refractivity contribution in [3.8, 4) is 0 Å². The number of carbonyl (C=O) groups is 1. The first kappa shape index (κ1) is 15.7. The lowest BCUT2D eigenvalue weighted by Crippen LogP contribution is -2.47. The Morgan fingerprint density at radius 2 is 2.00 bits per heavy atom. The summed E-state index contributed by atoms with van der Waals surface area (Å²) in [6.45, 7) is 0. The molecule has 0 heterocycles. The van der Waals surface area contributed by atoms with E-state index >= 15 is 0 Å². The van der Waals surface area contributed by atoms with Gasteiger partial charge in [0.15, 0.2) is 0 Å². The van der Waals surface area contributed by atoms with Crippen LogP contribution in [0.5, 0.6) is 0 Å². The monoisotopic (exact) mass is 374 g/mol. The van der Waals surface area contributed by atoms with Crippen molar-refractivity contribution in [3.05, 3.63) is 27.7 Å². The summed E-state index contributed by atoms with van der Waals surface area (Å²) in [4.78, 5) is 12.9. The molecule has 0 saturated heterocycles. The Labute approximate surface area is 137 Å². The summed E-state index contributed by atoms with van der Waals surface area (Å²) in [5.41, 5.74) is 5.77. The quantitative estimate of drug-likeness (QED) is 0.775. The Balaban J connectivity index is 2.25. The van der Waals surface area contributed by atoms with Crippen LogP contribution in [0.4, 0.5) is 5.69 Å². The predicted molar refractivity (Wildman–Crippen MR) is 90.1 cm³/mol. The van der Waals surface area contributed by atoms with Gasteiger partial charge < -0.3 is 11.1 Å². The molecule has 1 amide bonds. The molecule has 108 valence electrons. The molecule has 1 aliphatic carbocycles. The highest BCUT2D eigenvalue weighted by molar-refractivity contribution is 9.10. The van der Waals surface area contributed by atoms with Crippen molar-refractivity contribution >= 4 is 56.3 Å². The van der Waals surface area contributed by atoms with E-state index < -0.39 is 5.41 Å². The number of rotatable bonds is 3. The molecule has 3 N–H and O–H groups in total. The Morgan fingerprint density at radius 1 is 1.35 bits per heavy atom. The molecule has 0 radical (unpaired) electrons. The van der Waals surface area contributed by atoms with E-state index in [-0.39, 0.29) is 10.9 Å². The number of thiocarbonyl (C=S) groups is 1. The van der Waals surface area contributed by atoms with Gasteiger partial charge in [0.25, 0.3) is 0 Å². The molecule has 1 saturated carbocycles. The maximum atomic E-state index is 12.7. The second kappa shape index (κ2) is 6.41. The molecule has 1 aromatic rings. The lowest BCUT2D eigenvalue weighted by molar-refractivity contribution is -0.123. The van der Waals surface area contributed by atoms with E-state index in [0.717, 1.165) is 19.3 Å². The fourth-order valence-electron chi connectivity index (χ4n) is 2.58. The minimum absolute atomic E-state index is 0.132. The number of nitrogens with two attached hydrogens (primary N) is 1. The summed E-state index contributed by atoms with van der Waals surface area (Å²) >= 11 is 14.6.